The Balaban J connectivity index is 2.35. The Morgan fingerprint density at radius 2 is 1.83 bits per heavy atom. The van der Waals surface area contributed by atoms with Crippen LogP contribution in [0.5, 0.6) is 0 Å². The Morgan fingerprint density at radius 3 is 2.28 bits per heavy atom. The summed E-state index contributed by atoms with van der Waals surface area (Å²) in [5.41, 5.74) is -0.753. The normalized spacial score (nSPS) is 16.3. The molecule has 1 aliphatic carbocycles. The van der Waals surface area contributed by atoms with Gasteiger partial charge in [-0.1, -0.05) is 0 Å². The van der Waals surface area contributed by atoms with Crippen LogP contribution >= 0.6 is 0 Å². The van der Waals surface area contributed by atoms with E-state index in [1.165, 1.54) is 0 Å². The second kappa shape index (κ2) is 5.20. The third-order valence-electron chi connectivity index (χ3n) is 2.43. The lowest BCUT2D eigenvalue weighted by molar-refractivity contribution is -0.142. The second-order valence-electron chi connectivity index (χ2n) is 5.63. The topological polar surface area (TPSA) is 55.4 Å². The number of carbonyl (C=O) groups excluding carboxylic acids is 2. The summed E-state index contributed by atoms with van der Waals surface area (Å²) < 4.78 is 31.6. The molecular formula is C12H19F2NO3. The lowest BCUT2D eigenvalue weighted by atomic mass is 10.1. The van der Waals surface area contributed by atoms with Gasteiger partial charge in [-0.2, -0.15) is 8.78 Å². The van der Waals surface area contributed by atoms with Crippen molar-refractivity contribution in [3.05, 3.63) is 0 Å². The van der Waals surface area contributed by atoms with Gasteiger partial charge in [0, 0.05) is 6.42 Å². The third kappa shape index (κ3) is 5.42. The van der Waals surface area contributed by atoms with Gasteiger partial charge in [0.1, 0.15) is 5.60 Å². The van der Waals surface area contributed by atoms with Gasteiger partial charge in [-0.05, 0) is 39.5 Å². The minimum Gasteiger partial charge on any atom is -0.444 e. The molecule has 0 atom stereocenters. The highest BCUT2D eigenvalue weighted by Gasteiger charge is 2.41. The fourth-order valence-corrected chi connectivity index (χ4v) is 1.33. The number of ether oxygens (including phenoxy) is 1. The highest BCUT2D eigenvalue weighted by atomic mass is 19.3. The summed E-state index contributed by atoms with van der Waals surface area (Å²) in [5.74, 6) is -4.52. The molecule has 1 rings (SSSR count). The smallest absolute Gasteiger partial charge is 0.407 e. The fraction of sp³-hybridized carbons (Fsp3) is 0.833. The number of alkyl carbamates (subject to hydrolysis) is 1. The van der Waals surface area contributed by atoms with Gasteiger partial charge in [-0.3, -0.25) is 4.79 Å². The lowest BCUT2D eigenvalue weighted by Crippen LogP contribution is -2.44. The zero-order chi connectivity index (χ0) is 14.0. The molecule has 0 spiro atoms. The monoisotopic (exact) mass is 263 g/mol. The number of hydrogen-bond acceptors (Lipinski definition) is 3. The number of alkyl halides is 2. The summed E-state index contributed by atoms with van der Waals surface area (Å²) in [7, 11) is 0. The van der Waals surface area contributed by atoms with Gasteiger partial charge in [0.05, 0.1) is 6.54 Å². The molecule has 0 heterocycles. The van der Waals surface area contributed by atoms with Crippen LogP contribution in [0, 0.1) is 5.92 Å². The molecule has 0 saturated heterocycles. The zero-order valence-electron chi connectivity index (χ0n) is 10.9. The van der Waals surface area contributed by atoms with E-state index >= 15 is 0 Å². The van der Waals surface area contributed by atoms with Gasteiger partial charge in [0.2, 0.25) is 5.78 Å². The molecule has 0 aromatic rings. The first-order valence-electron chi connectivity index (χ1n) is 5.98. The van der Waals surface area contributed by atoms with Crippen LogP contribution in [0.1, 0.15) is 40.0 Å². The number of rotatable bonds is 5. The van der Waals surface area contributed by atoms with E-state index in [4.69, 9.17) is 4.74 Å². The molecule has 6 heteroatoms. The largest absolute Gasteiger partial charge is 0.444 e. The van der Waals surface area contributed by atoms with E-state index in [-0.39, 0.29) is 12.3 Å². The van der Waals surface area contributed by atoms with Crippen molar-refractivity contribution in [3.63, 3.8) is 0 Å². The van der Waals surface area contributed by atoms with Crippen LogP contribution < -0.4 is 5.32 Å². The molecule has 1 saturated carbocycles. The van der Waals surface area contributed by atoms with E-state index in [1.807, 2.05) is 5.32 Å². The highest BCUT2D eigenvalue weighted by Crippen LogP contribution is 2.34. The van der Waals surface area contributed by atoms with Crippen molar-refractivity contribution in [3.8, 4) is 0 Å². The summed E-state index contributed by atoms with van der Waals surface area (Å²) >= 11 is 0. The fourth-order valence-electron chi connectivity index (χ4n) is 1.33. The van der Waals surface area contributed by atoms with Crippen molar-refractivity contribution in [1.29, 1.82) is 0 Å². The van der Waals surface area contributed by atoms with Crippen LogP contribution in [0.25, 0.3) is 0 Å². The Labute approximate surface area is 105 Å². The first-order chi connectivity index (χ1) is 8.10. The van der Waals surface area contributed by atoms with E-state index in [1.54, 1.807) is 20.8 Å². The summed E-state index contributed by atoms with van der Waals surface area (Å²) in [5, 5.41) is 1.92. The number of carbonyl (C=O) groups is 2. The summed E-state index contributed by atoms with van der Waals surface area (Å²) in [4.78, 5) is 22.5. The maximum absolute atomic E-state index is 13.4. The average molecular weight is 263 g/mol. The van der Waals surface area contributed by atoms with E-state index in [0.717, 1.165) is 12.8 Å². The number of Topliss-reactive ketones (excluding diaryl/α,β-unsaturated/α-hetero) is 1. The lowest BCUT2D eigenvalue weighted by Gasteiger charge is -2.21. The Bertz CT molecular complexity index is 333. The molecule has 1 aliphatic rings. The van der Waals surface area contributed by atoms with Gasteiger partial charge >= 0.3 is 12.0 Å². The van der Waals surface area contributed by atoms with Crippen LogP contribution in [0.15, 0.2) is 0 Å². The molecule has 0 bridgehead atoms. The van der Waals surface area contributed by atoms with Crippen molar-refractivity contribution in [1.82, 2.24) is 5.32 Å². The second-order valence-corrected chi connectivity index (χ2v) is 5.63. The Morgan fingerprint density at radius 1 is 1.28 bits per heavy atom. The van der Waals surface area contributed by atoms with Gasteiger partial charge < -0.3 is 10.1 Å². The molecule has 1 amide bonds. The van der Waals surface area contributed by atoms with Crippen molar-refractivity contribution in [2.24, 2.45) is 5.92 Å². The summed E-state index contributed by atoms with van der Waals surface area (Å²) in [6.45, 7) is 3.88. The predicted molar refractivity (Wildman–Crippen MR) is 61.5 cm³/mol. The predicted octanol–water partition coefficient (Wildman–Crippen LogP) is 2.52. The standard InChI is InChI=1S/C12H19F2NO3/c1-11(2,3)18-10(17)15-7-12(13,14)9(16)6-8-4-5-8/h8H,4-7H2,1-3H3,(H,15,17). The quantitative estimate of drug-likeness (QED) is 0.829. The van der Waals surface area contributed by atoms with Gasteiger partial charge in [0.15, 0.2) is 0 Å². The molecule has 104 valence electrons. The van der Waals surface area contributed by atoms with E-state index in [2.05, 4.69) is 0 Å². The van der Waals surface area contributed by atoms with Crippen molar-refractivity contribution in [2.75, 3.05) is 6.54 Å². The molecular weight excluding hydrogens is 244 g/mol. The van der Waals surface area contributed by atoms with Crippen LogP contribution in [-0.4, -0.2) is 29.9 Å². The molecule has 0 aromatic heterocycles. The molecule has 0 unspecified atom stereocenters. The maximum atomic E-state index is 13.4. The van der Waals surface area contributed by atoms with Crippen LogP contribution in [0.3, 0.4) is 0 Å². The van der Waals surface area contributed by atoms with Gasteiger partial charge in [-0.15, -0.1) is 0 Å². The maximum Gasteiger partial charge on any atom is 0.407 e. The summed E-state index contributed by atoms with van der Waals surface area (Å²) in [6, 6.07) is 0. The number of nitrogens with one attached hydrogen (secondary N) is 1. The molecule has 0 aromatic carbocycles. The molecule has 1 fully saturated rings. The molecule has 0 aliphatic heterocycles. The molecule has 0 radical (unpaired) electrons. The number of ketones is 1. The molecule has 1 N–H and O–H groups in total. The molecule has 18 heavy (non-hydrogen) atoms. The van der Waals surface area contributed by atoms with Crippen molar-refractivity contribution < 1.29 is 23.1 Å². The minimum absolute atomic E-state index is 0.102. The van der Waals surface area contributed by atoms with Crippen LogP contribution in [-0.2, 0) is 9.53 Å². The first kappa shape index (κ1) is 14.9. The van der Waals surface area contributed by atoms with Crippen LogP contribution in [0.4, 0.5) is 13.6 Å². The van der Waals surface area contributed by atoms with Crippen LogP contribution in [0.2, 0.25) is 0 Å². The molecule has 4 nitrogen and oxygen atoms in total. The first-order valence-corrected chi connectivity index (χ1v) is 5.98. The highest BCUT2D eigenvalue weighted by molar-refractivity contribution is 5.86. The zero-order valence-corrected chi connectivity index (χ0v) is 10.9. The summed E-state index contributed by atoms with van der Waals surface area (Å²) in [6.07, 6.45) is 0.618. The number of amides is 1. The van der Waals surface area contributed by atoms with E-state index in [0.29, 0.717) is 0 Å². The Kier molecular flexibility index (Phi) is 4.29. The Hall–Kier alpha value is -1.20. The number of hydrogen-bond donors (Lipinski definition) is 1. The van der Waals surface area contributed by atoms with Gasteiger partial charge in [0.25, 0.3) is 0 Å². The minimum atomic E-state index is -3.51. The van der Waals surface area contributed by atoms with E-state index < -0.39 is 29.9 Å². The van der Waals surface area contributed by atoms with Gasteiger partial charge in [-0.25, -0.2) is 4.79 Å². The SMILES string of the molecule is CC(C)(C)OC(=O)NCC(F)(F)C(=O)CC1CC1. The van der Waals surface area contributed by atoms with E-state index in [9.17, 15) is 18.4 Å². The third-order valence-corrected chi connectivity index (χ3v) is 2.43. The number of halogens is 2. The average Bonchev–Trinajstić information content (AvgIpc) is 2.96. The van der Waals surface area contributed by atoms with Crippen molar-refractivity contribution in [2.45, 2.75) is 51.6 Å². The van der Waals surface area contributed by atoms with Crippen molar-refractivity contribution >= 4 is 11.9 Å².